The maximum atomic E-state index is 11.8. The zero-order valence-corrected chi connectivity index (χ0v) is 14.6. The van der Waals surface area contributed by atoms with Crippen molar-refractivity contribution in [2.75, 3.05) is 14.2 Å². The van der Waals surface area contributed by atoms with Gasteiger partial charge in [-0.25, -0.2) is 4.79 Å². The molecule has 2 N–H and O–H groups in total. The molecule has 23 heavy (non-hydrogen) atoms. The van der Waals surface area contributed by atoms with Gasteiger partial charge in [0.15, 0.2) is 11.5 Å². The summed E-state index contributed by atoms with van der Waals surface area (Å²) in [6.07, 6.45) is 0. The van der Waals surface area contributed by atoms with Crippen LogP contribution in [0.15, 0.2) is 46.9 Å². The van der Waals surface area contributed by atoms with Crippen LogP contribution in [-0.2, 0) is 13.1 Å². The van der Waals surface area contributed by atoms with E-state index < -0.39 is 0 Å². The van der Waals surface area contributed by atoms with Gasteiger partial charge in [-0.3, -0.25) is 0 Å². The predicted octanol–water partition coefficient (Wildman–Crippen LogP) is 3.47. The first-order chi connectivity index (χ1) is 11.1. The number of ether oxygens (including phenoxy) is 2. The number of carbonyl (C=O) groups excluding carboxylic acids is 1. The minimum absolute atomic E-state index is 0.220. The molecule has 2 amide bonds. The second-order valence-electron chi connectivity index (χ2n) is 4.85. The molecule has 0 unspecified atom stereocenters. The van der Waals surface area contributed by atoms with E-state index in [1.54, 1.807) is 14.2 Å². The van der Waals surface area contributed by atoms with E-state index in [1.807, 2.05) is 42.5 Å². The molecule has 6 heteroatoms. The van der Waals surface area contributed by atoms with Gasteiger partial charge in [-0.15, -0.1) is 0 Å². The normalized spacial score (nSPS) is 10.0. The Hall–Kier alpha value is -2.21. The Morgan fingerprint density at radius 1 is 0.913 bits per heavy atom. The van der Waals surface area contributed by atoms with Gasteiger partial charge >= 0.3 is 6.03 Å². The molecule has 0 atom stereocenters. The first-order valence-electron chi connectivity index (χ1n) is 7.09. The molecular formula is C17H19BrN2O3. The van der Waals surface area contributed by atoms with Crippen LogP contribution in [-0.4, -0.2) is 20.3 Å². The van der Waals surface area contributed by atoms with Crippen LogP contribution in [0.25, 0.3) is 0 Å². The van der Waals surface area contributed by atoms with Crippen LogP contribution in [0, 0.1) is 0 Å². The highest BCUT2D eigenvalue weighted by molar-refractivity contribution is 9.10. The predicted molar refractivity (Wildman–Crippen MR) is 92.8 cm³/mol. The van der Waals surface area contributed by atoms with Crippen LogP contribution in [0.4, 0.5) is 4.79 Å². The minimum atomic E-state index is -0.220. The van der Waals surface area contributed by atoms with Crippen LogP contribution in [0.3, 0.4) is 0 Å². The summed E-state index contributed by atoms with van der Waals surface area (Å²) in [5.74, 6) is 1.30. The Labute approximate surface area is 144 Å². The SMILES string of the molecule is COc1ccc(CNC(=O)NCc2ccc(Br)cc2)cc1OC. The summed E-state index contributed by atoms with van der Waals surface area (Å²) in [4.78, 5) is 11.8. The quantitative estimate of drug-likeness (QED) is 0.808. The third-order valence-corrected chi connectivity index (χ3v) is 3.80. The van der Waals surface area contributed by atoms with Crippen molar-refractivity contribution in [2.45, 2.75) is 13.1 Å². The Morgan fingerprint density at radius 2 is 1.48 bits per heavy atom. The highest BCUT2D eigenvalue weighted by Crippen LogP contribution is 2.27. The van der Waals surface area contributed by atoms with Crippen molar-refractivity contribution in [3.8, 4) is 11.5 Å². The molecular weight excluding hydrogens is 360 g/mol. The molecule has 2 aromatic rings. The lowest BCUT2D eigenvalue weighted by Gasteiger charge is -2.11. The first kappa shape index (κ1) is 17.1. The molecule has 0 saturated carbocycles. The molecule has 0 heterocycles. The average Bonchev–Trinajstić information content (AvgIpc) is 2.59. The fourth-order valence-corrected chi connectivity index (χ4v) is 2.28. The number of hydrogen-bond acceptors (Lipinski definition) is 3. The van der Waals surface area contributed by atoms with Gasteiger partial charge in [-0.1, -0.05) is 34.1 Å². The Bertz CT molecular complexity index is 659. The second kappa shape index (κ2) is 8.43. The van der Waals surface area contributed by atoms with Crippen molar-refractivity contribution < 1.29 is 14.3 Å². The minimum Gasteiger partial charge on any atom is -0.493 e. The molecule has 2 rings (SSSR count). The van der Waals surface area contributed by atoms with Gasteiger partial charge in [0.25, 0.3) is 0 Å². The number of amides is 2. The van der Waals surface area contributed by atoms with Crippen molar-refractivity contribution in [2.24, 2.45) is 0 Å². The maximum Gasteiger partial charge on any atom is 0.315 e. The molecule has 2 aromatic carbocycles. The van der Waals surface area contributed by atoms with Gasteiger partial charge in [-0.2, -0.15) is 0 Å². The third kappa shape index (κ3) is 5.17. The van der Waals surface area contributed by atoms with Crippen LogP contribution in [0.2, 0.25) is 0 Å². The van der Waals surface area contributed by atoms with Crippen molar-refractivity contribution in [3.63, 3.8) is 0 Å². The van der Waals surface area contributed by atoms with Gasteiger partial charge in [0.2, 0.25) is 0 Å². The summed E-state index contributed by atoms with van der Waals surface area (Å²) in [6.45, 7) is 0.886. The molecule has 0 saturated heterocycles. The lowest BCUT2D eigenvalue weighted by Crippen LogP contribution is -2.34. The molecule has 0 spiro atoms. The average molecular weight is 379 g/mol. The van der Waals surface area contributed by atoms with E-state index in [9.17, 15) is 4.79 Å². The molecule has 0 aromatic heterocycles. The van der Waals surface area contributed by atoms with E-state index in [0.29, 0.717) is 24.6 Å². The van der Waals surface area contributed by atoms with Gasteiger partial charge < -0.3 is 20.1 Å². The van der Waals surface area contributed by atoms with Crippen molar-refractivity contribution in [1.82, 2.24) is 10.6 Å². The number of halogens is 1. The van der Waals surface area contributed by atoms with Crippen LogP contribution < -0.4 is 20.1 Å². The standard InChI is InChI=1S/C17H19BrN2O3/c1-22-15-8-5-13(9-16(15)23-2)11-20-17(21)19-10-12-3-6-14(18)7-4-12/h3-9H,10-11H2,1-2H3,(H2,19,20,21). The van der Waals surface area contributed by atoms with Crippen molar-refractivity contribution >= 4 is 22.0 Å². The number of rotatable bonds is 6. The van der Waals surface area contributed by atoms with E-state index in [-0.39, 0.29) is 6.03 Å². The smallest absolute Gasteiger partial charge is 0.315 e. The van der Waals surface area contributed by atoms with Gasteiger partial charge in [0.1, 0.15) is 0 Å². The molecule has 0 aliphatic rings. The summed E-state index contributed by atoms with van der Waals surface area (Å²) in [7, 11) is 3.17. The van der Waals surface area contributed by atoms with Crippen LogP contribution >= 0.6 is 15.9 Å². The molecule has 5 nitrogen and oxygen atoms in total. The second-order valence-corrected chi connectivity index (χ2v) is 5.77. The third-order valence-electron chi connectivity index (χ3n) is 3.27. The highest BCUT2D eigenvalue weighted by atomic mass is 79.9. The van der Waals surface area contributed by atoms with Crippen molar-refractivity contribution in [1.29, 1.82) is 0 Å². The number of urea groups is 1. The molecule has 122 valence electrons. The van der Waals surface area contributed by atoms with E-state index in [4.69, 9.17) is 9.47 Å². The van der Waals surface area contributed by atoms with Gasteiger partial charge in [0.05, 0.1) is 14.2 Å². The monoisotopic (exact) mass is 378 g/mol. The topological polar surface area (TPSA) is 59.6 Å². The summed E-state index contributed by atoms with van der Waals surface area (Å²) in [6, 6.07) is 13.1. The van der Waals surface area contributed by atoms with E-state index in [0.717, 1.165) is 15.6 Å². The number of nitrogens with one attached hydrogen (secondary N) is 2. The van der Waals surface area contributed by atoms with Crippen molar-refractivity contribution in [3.05, 3.63) is 58.1 Å². The first-order valence-corrected chi connectivity index (χ1v) is 7.88. The van der Waals surface area contributed by atoms with Gasteiger partial charge in [0, 0.05) is 17.6 Å². The summed E-state index contributed by atoms with van der Waals surface area (Å²) in [5.41, 5.74) is 1.97. The Balaban J connectivity index is 1.83. The molecule has 0 fully saturated rings. The zero-order chi connectivity index (χ0) is 16.7. The summed E-state index contributed by atoms with van der Waals surface area (Å²) < 4.78 is 11.4. The fraction of sp³-hybridized carbons (Fsp3) is 0.235. The summed E-state index contributed by atoms with van der Waals surface area (Å²) in [5, 5.41) is 5.63. The largest absolute Gasteiger partial charge is 0.493 e. The lowest BCUT2D eigenvalue weighted by molar-refractivity contribution is 0.240. The van der Waals surface area contributed by atoms with Crippen LogP contribution in [0.1, 0.15) is 11.1 Å². The lowest BCUT2D eigenvalue weighted by atomic mass is 10.2. The van der Waals surface area contributed by atoms with E-state index in [2.05, 4.69) is 26.6 Å². The molecule has 0 aliphatic heterocycles. The number of benzene rings is 2. The highest BCUT2D eigenvalue weighted by Gasteiger charge is 2.06. The van der Waals surface area contributed by atoms with E-state index in [1.165, 1.54) is 0 Å². The number of hydrogen-bond donors (Lipinski definition) is 2. The van der Waals surface area contributed by atoms with Crippen LogP contribution in [0.5, 0.6) is 11.5 Å². The molecule has 0 radical (unpaired) electrons. The zero-order valence-electron chi connectivity index (χ0n) is 13.1. The molecule has 0 aliphatic carbocycles. The molecule has 0 bridgehead atoms. The Kier molecular flexibility index (Phi) is 6.29. The number of methoxy groups -OCH3 is 2. The van der Waals surface area contributed by atoms with E-state index >= 15 is 0 Å². The summed E-state index contributed by atoms with van der Waals surface area (Å²) >= 11 is 3.38. The van der Waals surface area contributed by atoms with Gasteiger partial charge in [-0.05, 0) is 35.4 Å². The maximum absolute atomic E-state index is 11.8. The Morgan fingerprint density at radius 3 is 2.09 bits per heavy atom. The number of carbonyl (C=O) groups is 1. The fourth-order valence-electron chi connectivity index (χ4n) is 2.02.